The molecular formula is C106H62O3. The first-order chi connectivity index (χ1) is 54.1. The summed E-state index contributed by atoms with van der Waals surface area (Å²) in [4.78, 5) is 0. The molecule has 109 heavy (non-hydrogen) atoms. The zero-order valence-corrected chi connectivity index (χ0v) is 59.0. The SMILES string of the molecule is c1ccc(-c2c3ccccc3c(-c3ccc(-c4ccc(-c5ccc(-c6c7ccccc7c(-c7ccc(-c8ccc(-c9c%10ccccc%10c(-c%10cccc%11oc%12ccccc%12c%10%11)c%10ccccc9%10)c9ccccc89)c8oc9ccccc9c78)c7ccccc67)cc5)cc4)c4oc5ccccc5c34)c3ccccc23)cc1. The van der Waals surface area contributed by atoms with Gasteiger partial charge in [-0.05, 0) is 201 Å². The maximum Gasteiger partial charge on any atom is 0.143 e. The lowest BCUT2D eigenvalue weighted by Crippen LogP contribution is -1.93. The standard InChI is InChI=1S/C106H62O3/c1-2-25-66(26-3-1)96-72-29-6-10-33-76(72)100(77-34-11-7-30-73(77)96)90-61-57-68(105-103(90)87-42-19-22-46-93(87)108-105)65-53-49-63(50-54-65)64-51-55-67(56-52-64)97-74-31-8-12-35-78(74)101(79-36-13-9-32-75(79)97)91-62-60-85(106-104(91)88-43-20-23-47-94(88)109-106)71-58-59-84(70-28-5-4-27-69(70)71)98-80-37-14-16-39-82(80)99(83-40-17-15-38-81(83)98)89-44-24-48-95-102(89)86-41-18-21-45-92(86)107-95/h1-62H. The van der Waals surface area contributed by atoms with E-state index in [1.165, 1.54) is 115 Å². The summed E-state index contributed by atoms with van der Waals surface area (Å²) in [6.45, 7) is 0. The molecule has 0 unspecified atom stereocenters. The van der Waals surface area contributed by atoms with Crippen molar-refractivity contribution in [2.45, 2.75) is 0 Å². The number of hydrogen-bond donors (Lipinski definition) is 0. The molecule has 0 aliphatic rings. The monoisotopic (exact) mass is 1380 g/mol. The fraction of sp³-hybridized carbons (Fsp3) is 0. The lowest BCUT2D eigenvalue weighted by molar-refractivity contribution is 0.669. The Morgan fingerprint density at radius 1 is 0.119 bits per heavy atom. The maximum atomic E-state index is 7.25. The predicted molar refractivity (Wildman–Crippen MR) is 460 cm³/mol. The van der Waals surface area contributed by atoms with Crippen LogP contribution in [-0.2, 0) is 0 Å². The second kappa shape index (κ2) is 24.1. The quantitative estimate of drug-likeness (QED) is 0.135. The Balaban J connectivity index is 0.625. The summed E-state index contributed by atoms with van der Waals surface area (Å²) in [5.74, 6) is 0. The average molecular weight is 1380 g/mol. The van der Waals surface area contributed by atoms with Crippen LogP contribution in [0.5, 0.6) is 0 Å². The topological polar surface area (TPSA) is 39.4 Å². The molecule has 3 heteroatoms. The van der Waals surface area contributed by atoms with E-state index in [0.29, 0.717) is 0 Å². The first kappa shape index (κ1) is 61.0. The van der Waals surface area contributed by atoms with Gasteiger partial charge < -0.3 is 13.3 Å². The van der Waals surface area contributed by atoms with Crippen LogP contribution in [0.2, 0.25) is 0 Å². The van der Waals surface area contributed by atoms with Gasteiger partial charge in [-0.3, -0.25) is 0 Å². The van der Waals surface area contributed by atoms with E-state index in [1.54, 1.807) is 0 Å². The highest BCUT2D eigenvalue weighted by molar-refractivity contribution is 6.31. The molecule has 0 fully saturated rings. The lowest BCUT2D eigenvalue weighted by atomic mass is 9.82. The largest absolute Gasteiger partial charge is 0.456 e. The van der Waals surface area contributed by atoms with Gasteiger partial charge in [-0.2, -0.15) is 0 Å². The van der Waals surface area contributed by atoms with Crippen molar-refractivity contribution in [3.63, 3.8) is 0 Å². The van der Waals surface area contributed by atoms with E-state index in [9.17, 15) is 0 Å². The van der Waals surface area contributed by atoms with E-state index in [0.717, 1.165) is 127 Å². The Labute approximate surface area is 626 Å². The first-order valence-electron chi connectivity index (χ1n) is 37.5. The van der Waals surface area contributed by atoms with Crippen molar-refractivity contribution in [1.29, 1.82) is 0 Å². The van der Waals surface area contributed by atoms with Crippen LogP contribution >= 0.6 is 0 Å². The molecule has 20 aromatic carbocycles. The highest BCUT2D eigenvalue weighted by Gasteiger charge is 2.28. The molecule has 0 aliphatic carbocycles. The summed E-state index contributed by atoms with van der Waals surface area (Å²) in [5.41, 5.74) is 26.1. The molecule has 0 bridgehead atoms. The third-order valence-corrected chi connectivity index (χ3v) is 23.3. The summed E-state index contributed by atoms with van der Waals surface area (Å²) in [5, 5.41) is 23.4. The number of para-hydroxylation sites is 3. The molecule has 0 atom stereocenters. The van der Waals surface area contributed by atoms with Crippen LogP contribution in [-0.4, -0.2) is 0 Å². The van der Waals surface area contributed by atoms with Gasteiger partial charge in [0.15, 0.2) is 0 Å². The summed E-state index contributed by atoms with van der Waals surface area (Å²) < 4.78 is 20.8. The van der Waals surface area contributed by atoms with Crippen molar-refractivity contribution in [3.8, 4) is 100 Å². The summed E-state index contributed by atoms with van der Waals surface area (Å²) in [6, 6.07) is 138. The van der Waals surface area contributed by atoms with Gasteiger partial charge in [0.25, 0.3) is 0 Å². The number of benzene rings is 20. The van der Waals surface area contributed by atoms with Crippen molar-refractivity contribution >= 4 is 141 Å². The van der Waals surface area contributed by atoms with E-state index >= 15 is 0 Å². The van der Waals surface area contributed by atoms with E-state index < -0.39 is 0 Å². The third kappa shape index (κ3) is 9.18. The highest BCUT2D eigenvalue weighted by Crippen LogP contribution is 2.54. The molecule has 0 spiro atoms. The third-order valence-electron chi connectivity index (χ3n) is 23.3. The molecule has 0 aliphatic heterocycles. The Morgan fingerprint density at radius 3 is 0.826 bits per heavy atom. The van der Waals surface area contributed by atoms with Crippen molar-refractivity contribution in [1.82, 2.24) is 0 Å². The minimum atomic E-state index is 0.853. The van der Waals surface area contributed by atoms with E-state index in [-0.39, 0.29) is 0 Å². The van der Waals surface area contributed by atoms with Crippen molar-refractivity contribution < 1.29 is 13.3 Å². The van der Waals surface area contributed by atoms with Gasteiger partial charge in [-0.25, -0.2) is 0 Å². The fourth-order valence-corrected chi connectivity index (χ4v) is 18.7. The van der Waals surface area contributed by atoms with Gasteiger partial charge >= 0.3 is 0 Å². The van der Waals surface area contributed by atoms with Crippen molar-refractivity contribution in [2.24, 2.45) is 0 Å². The zero-order valence-electron chi connectivity index (χ0n) is 59.0. The predicted octanol–water partition coefficient (Wildman–Crippen LogP) is 30.5. The second-order valence-electron chi connectivity index (χ2n) is 29.0. The van der Waals surface area contributed by atoms with Crippen molar-refractivity contribution in [2.75, 3.05) is 0 Å². The van der Waals surface area contributed by atoms with Gasteiger partial charge in [0.1, 0.15) is 33.5 Å². The molecule has 0 saturated heterocycles. The zero-order chi connectivity index (χ0) is 71.4. The fourth-order valence-electron chi connectivity index (χ4n) is 18.7. The lowest BCUT2D eigenvalue weighted by Gasteiger charge is -2.20. The van der Waals surface area contributed by atoms with E-state index in [2.05, 4.69) is 370 Å². The molecule has 3 heterocycles. The molecule has 0 amide bonds. The second-order valence-corrected chi connectivity index (χ2v) is 29.0. The molecule has 0 saturated carbocycles. The molecule has 0 radical (unpaired) electrons. The molecule has 23 aromatic rings. The highest BCUT2D eigenvalue weighted by atomic mass is 16.3. The van der Waals surface area contributed by atoms with Crippen LogP contribution in [0.4, 0.5) is 0 Å². The summed E-state index contributed by atoms with van der Waals surface area (Å²) in [6.07, 6.45) is 0. The Kier molecular flexibility index (Phi) is 13.5. The Bertz CT molecular complexity index is 7590. The van der Waals surface area contributed by atoms with Crippen LogP contribution < -0.4 is 0 Å². The average Bonchev–Trinajstić information content (AvgIpc) is 1.71. The van der Waals surface area contributed by atoms with Crippen LogP contribution in [0.3, 0.4) is 0 Å². The van der Waals surface area contributed by atoms with Crippen LogP contribution in [0, 0.1) is 0 Å². The number of furan rings is 3. The van der Waals surface area contributed by atoms with Gasteiger partial charge in [0.05, 0.1) is 0 Å². The maximum absolute atomic E-state index is 7.25. The molecule has 23 rings (SSSR count). The van der Waals surface area contributed by atoms with Crippen molar-refractivity contribution in [3.05, 3.63) is 376 Å². The summed E-state index contributed by atoms with van der Waals surface area (Å²) in [7, 11) is 0. The minimum Gasteiger partial charge on any atom is -0.456 e. The smallest absolute Gasteiger partial charge is 0.143 e. The molecule has 504 valence electrons. The number of hydrogen-bond acceptors (Lipinski definition) is 3. The van der Waals surface area contributed by atoms with Gasteiger partial charge in [0, 0.05) is 43.4 Å². The summed E-state index contributed by atoms with van der Waals surface area (Å²) >= 11 is 0. The molecule has 3 aromatic heterocycles. The van der Waals surface area contributed by atoms with Gasteiger partial charge in [-0.1, -0.05) is 340 Å². The minimum absolute atomic E-state index is 0.853. The van der Waals surface area contributed by atoms with Crippen LogP contribution in [0.1, 0.15) is 0 Å². The van der Waals surface area contributed by atoms with Gasteiger partial charge in [-0.15, -0.1) is 0 Å². The van der Waals surface area contributed by atoms with E-state index in [4.69, 9.17) is 13.3 Å². The van der Waals surface area contributed by atoms with Crippen LogP contribution in [0.25, 0.3) is 241 Å². The number of fused-ring (bicyclic) bond motifs is 16. The molecular weight excluding hydrogens is 1320 g/mol. The normalized spacial score (nSPS) is 12.0. The first-order valence-corrected chi connectivity index (χ1v) is 37.5. The van der Waals surface area contributed by atoms with E-state index in [1.807, 2.05) is 6.07 Å². The molecule has 0 N–H and O–H groups in total. The van der Waals surface area contributed by atoms with Gasteiger partial charge in [0.2, 0.25) is 0 Å². The number of rotatable bonds is 9. The van der Waals surface area contributed by atoms with Crippen LogP contribution in [0.15, 0.2) is 389 Å². The Hall–Kier alpha value is -14.4. The molecule has 3 nitrogen and oxygen atoms in total. The Morgan fingerprint density at radius 2 is 0.385 bits per heavy atom.